The number of hydrogen-bond donors (Lipinski definition) is 0. The molecule has 122 valence electrons. The third-order valence-corrected chi connectivity index (χ3v) is 5.37. The number of hydrogen-bond acceptors (Lipinski definition) is 3. The zero-order valence-corrected chi connectivity index (χ0v) is 13.9. The number of ether oxygens (including phenoxy) is 1. The fourth-order valence-electron chi connectivity index (χ4n) is 3.34. The highest BCUT2D eigenvalue weighted by molar-refractivity contribution is 5.94. The Labute approximate surface area is 137 Å². The van der Waals surface area contributed by atoms with E-state index in [1.165, 1.54) is 5.56 Å². The maximum absolute atomic E-state index is 11.8. The van der Waals surface area contributed by atoms with E-state index in [1.807, 2.05) is 24.5 Å². The van der Waals surface area contributed by atoms with E-state index in [0.717, 1.165) is 36.8 Å². The number of carbonyl (C=O) groups is 1. The zero-order chi connectivity index (χ0) is 16.3. The minimum atomic E-state index is -0.180. The van der Waals surface area contributed by atoms with Crippen molar-refractivity contribution in [1.82, 2.24) is 0 Å². The summed E-state index contributed by atoms with van der Waals surface area (Å²) >= 11 is 0. The minimum Gasteiger partial charge on any atom is -0.472 e. The van der Waals surface area contributed by atoms with Crippen LogP contribution in [-0.4, -0.2) is 12.6 Å². The van der Waals surface area contributed by atoms with E-state index in [1.54, 1.807) is 6.26 Å². The number of carbonyl (C=O) groups excluding carboxylic acids is 1. The van der Waals surface area contributed by atoms with Gasteiger partial charge < -0.3 is 9.15 Å². The van der Waals surface area contributed by atoms with Gasteiger partial charge in [-0.1, -0.05) is 32.1 Å². The van der Waals surface area contributed by atoms with Crippen molar-refractivity contribution in [1.29, 1.82) is 0 Å². The second-order valence-electron chi connectivity index (χ2n) is 6.89. The molecule has 1 aliphatic heterocycles. The summed E-state index contributed by atoms with van der Waals surface area (Å²) in [5.74, 6) is 0.349. The Bertz CT molecular complexity index is 648. The fourth-order valence-corrected chi connectivity index (χ4v) is 3.34. The molecule has 2 heterocycles. The summed E-state index contributed by atoms with van der Waals surface area (Å²) in [6, 6.07) is 2.04. The Morgan fingerprint density at radius 2 is 2.22 bits per heavy atom. The highest BCUT2D eigenvalue weighted by atomic mass is 16.5. The highest BCUT2D eigenvalue weighted by Gasteiger charge is 2.30. The molecular weight excluding hydrogens is 288 g/mol. The smallest absolute Gasteiger partial charge is 0.338 e. The summed E-state index contributed by atoms with van der Waals surface area (Å²) in [4.78, 5) is 11.8. The average molecular weight is 312 g/mol. The van der Waals surface area contributed by atoms with Crippen LogP contribution in [-0.2, 0) is 16.0 Å². The summed E-state index contributed by atoms with van der Waals surface area (Å²) in [6.45, 7) is 5.10. The highest BCUT2D eigenvalue weighted by Crippen LogP contribution is 2.39. The monoisotopic (exact) mass is 312 g/mol. The lowest BCUT2D eigenvalue weighted by atomic mass is 9.71. The second-order valence-corrected chi connectivity index (χ2v) is 6.89. The van der Waals surface area contributed by atoms with Gasteiger partial charge in [0.25, 0.3) is 0 Å². The molecule has 0 bridgehead atoms. The second kappa shape index (κ2) is 6.61. The predicted octanol–water partition coefficient (Wildman–Crippen LogP) is 4.61. The van der Waals surface area contributed by atoms with Gasteiger partial charge in [0.05, 0.1) is 18.1 Å². The maximum atomic E-state index is 11.8. The fraction of sp³-hybridized carbons (Fsp3) is 0.450. The van der Waals surface area contributed by atoms with Crippen molar-refractivity contribution in [2.45, 2.75) is 39.5 Å². The Kier molecular flexibility index (Phi) is 4.56. The number of cyclic esters (lactones) is 1. The molecule has 1 aromatic heterocycles. The van der Waals surface area contributed by atoms with Gasteiger partial charge in [-0.05, 0) is 60.3 Å². The lowest BCUT2D eigenvalue weighted by Crippen LogP contribution is -2.24. The summed E-state index contributed by atoms with van der Waals surface area (Å²) < 4.78 is 10.3. The molecule has 0 N–H and O–H groups in total. The molecule has 0 unspecified atom stereocenters. The summed E-state index contributed by atoms with van der Waals surface area (Å²) in [5, 5.41) is 0. The molecule has 0 fully saturated rings. The molecule has 23 heavy (non-hydrogen) atoms. The topological polar surface area (TPSA) is 39.4 Å². The summed E-state index contributed by atoms with van der Waals surface area (Å²) in [7, 11) is 0. The van der Waals surface area contributed by atoms with Crippen LogP contribution in [0.5, 0.6) is 0 Å². The molecule has 1 aliphatic carbocycles. The number of aryl methyl sites for hydroxylation is 1. The normalized spacial score (nSPS) is 30.7. The number of furan rings is 1. The molecular formula is C20H24O3. The van der Waals surface area contributed by atoms with Gasteiger partial charge in [0, 0.05) is 0 Å². The standard InChI is InChI=1S/C20H24O3/c1-15-6-7-17-14-23-19(21)18(17)5-3-4-10-20(15,2)11-8-16-9-12-22-13-16/h3-5,9-10,12-13,15H,6-8,11,14H2,1-2H3/b5-3-,10-4-/t15-,20+/m1/s1. The Balaban J connectivity index is 1.76. The van der Waals surface area contributed by atoms with Crippen molar-refractivity contribution < 1.29 is 13.9 Å². The van der Waals surface area contributed by atoms with Crippen LogP contribution in [0.25, 0.3) is 0 Å². The third kappa shape index (κ3) is 3.49. The molecule has 0 spiro atoms. The molecule has 0 saturated carbocycles. The molecule has 3 heteroatoms. The van der Waals surface area contributed by atoms with E-state index < -0.39 is 0 Å². The predicted molar refractivity (Wildman–Crippen MR) is 89.8 cm³/mol. The largest absolute Gasteiger partial charge is 0.472 e. The van der Waals surface area contributed by atoms with E-state index in [4.69, 9.17) is 9.15 Å². The molecule has 2 atom stereocenters. The Morgan fingerprint density at radius 3 is 3.00 bits per heavy atom. The third-order valence-electron chi connectivity index (χ3n) is 5.37. The molecule has 2 aliphatic rings. The minimum absolute atomic E-state index is 0.128. The molecule has 0 amide bonds. The van der Waals surface area contributed by atoms with Gasteiger partial charge in [0.15, 0.2) is 0 Å². The van der Waals surface area contributed by atoms with E-state index in [9.17, 15) is 4.79 Å². The summed E-state index contributed by atoms with van der Waals surface area (Å²) in [6.07, 6.45) is 15.9. The molecule has 0 radical (unpaired) electrons. The molecule has 3 rings (SSSR count). The van der Waals surface area contributed by atoms with Crippen LogP contribution in [0.3, 0.4) is 0 Å². The van der Waals surface area contributed by atoms with Gasteiger partial charge >= 0.3 is 5.97 Å². The summed E-state index contributed by atoms with van der Waals surface area (Å²) in [5.41, 5.74) is 3.28. The van der Waals surface area contributed by atoms with Gasteiger partial charge in [0.1, 0.15) is 6.61 Å². The number of rotatable bonds is 3. The lowest BCUT2D eigenvalue weighted by molar-refractivity contribution is -0.135. The van der Waals surface area contributed by atoms with Gasteiger partial charge in [-0.15, -0.1) is 0 Å². The van der Waals surface area contributed by atoms with Crippen LogP contribution in [0.4, 0.5) is 0 Å². The van der Waals surface area contributed by atoms with Crippen molar-refractivity contribution in [3.05, 3.63) is 59.6 Å². The van der Waals surface area contributed by atoms with Crippen LogP contribution < -0.4 is 0 Å². The van der Waals surface area contributed by atoms with Gasteiger partial charge in [-0.3, -0.25) is 0 Å². The Morgan fingerprint density at radius 1 is 1.35 bits per heavy atom. The van der Waals surface area contributed by atoms with Gasteiger partial charge in [0.2, 0.25) is 0 Å². The first kappa shape index (κ1) is 15.9. The number of allylic oxidation sites excluding steroid dienone is 3. The van der Waals surface area contributed by atoms with Crippen LogP contribution in [0.15, 0.2) is 58.5 Å². The maximum Gasteiger partial charge on any atom is 0.338 e. The van der Waals surface area contributed by atoms with Gasteiger partial charge in [-0.2, -0.15) is 0 Å². The SMILES string of the molecule is C[C@@H]1CCC2=C(/C=C\C=C/[C@@]1(C)CCc1ccoc1)C(=O)OC2. The number of esters is 1. The first-order valence-corrected chi connectivity index (χ1v) is 8.34. The van der Waals surface area contributed by atoms with Crippen molar-refractivity contribution in [3.63, 3.8) is 0 Å². The van der Waals surface area contributed by atoms with E-state index >= 15 is 0 Å². The molecule has 3 nitrogen and oxygen atoms in total. The van der Waals surface area contributed by atoms with E-state index in [2.05, 4.69) is 26.0 Å². The molecule has 0 aromatic carbocycles. The zero-order valence-electron chi connectivity index (χ0n) is 13.9. The van der Waals surface area contributed by atoms with Gasteiger partial charge in [-0.25, -0.2) is 4.79 Å². The van der Waals surface area contributed by atoms with Crippen molar-refractivity contribution in [2.75, 3.05) is 6.61 Å². The van der Waals surface area contributed by atoms with Crippen LogP contribution in [0.2, 0.25) is 0 Å². The van der Waals surface area contributed by atoms with Crippen molar-refractivity contribution in [2.24, 2.45) is 11.3 Å². The molecule has 1 aromatic rings. The average Bonchev–Trinajstić information content (AvgIpc) is 3.17. The molecule has 0 saturated heterocycles. The first-order valence-electron chi connectivity index (χ1n) is 8.34. The first-order chi connectivity index (χ1) is 11.1. The van der Waals surface area contributed by atoms with Crippen LogP contribution in [0, 0.1) is 11.3 Å². The van der Waals surface area contributed by atoms with Crippen LogP contribution in [0.1, 0.15) is 38.7 Å². The van der Waals surface area contributed by atoms with Crippen molar-refractivity contribution >= 4 is 5.97 Å². The van der Waals surface area contributed by atoms with Crippen LogP contribution >= 0.6 is 0 Å². The van der Waals surface area contributed by atoms with Crippen molar-refractivity contribution in [3.8, 4) is 0 Å². The van der Waals surface area contributed by atoms with E-state index in [0.29, 0.717) is 12.5 Å². The quantitative estimate of drug-likeness (QED) is 0.765. The van der Waals surface area contributed by atoms with E-state index in [-0.39, 0.29) is 11.4 Å². The Hall–Kier alpha value is -2.03. The lowest BCUT2D eigenvalue weighted by Gasteiger charge is -2.33.